The Hall–Kier alpha value is -1.47. The van der Waals surface area contributed by atoms with Crippen molar-refractivity contribution in [3.63, 3.8) is 0 Å². The summed E-state index contributed by atoms with van der Waals surface area (Å²) in [7, 11) is 0. The van der Waals surface area contributed by atoms with Crippen molar-refractivity contribution in [3.8, 4) is 11.1 Å². The van der Waals surface area contributed by atoms with E-state index in [4.69, 9.17) is 0 Å². The Balaban J connectivity index is 2.13. The Kier molecular flexibility index (Phi) is 5.40. The number of benzene rings is 2. The van der Waals surface area contributed by atoms with Crippen LogP contribution in [0.1, 0.15) is 38.6 Å². The molecule has 0 amide bonds. The molecule has 2 nitrogen and oxygen atoms in total. The minimum absolute atomic E-state index is 0.228. The number of hydrogen-bond donors (Lipinski definition) is 1. The first kappa shape index (κ1) is 19.3. The van der Waals surface area contributed by atoms with Gasteiger partial charge in [0, 0.05) is 38.0 Å². The van der Waals surface area contributed by atoms with Gasteiger partial charge in [-0.3, -0.25) is 0 Å². The van der Waals surface area contributed by atoms with Gasteiger partial charge in [-0.2, -0.15) is 0 Å². The van der Waals surface area contributed by atoms with Crippen LogP contribution in [0.3, 0.4) is 0 Å². The van der Waals surface area contributed by atoms with E-state index in [0.29, 0.717) is 5.56 Å². The van der Waals surface area contributed by atoms with E-state index in [2.05, 4.69) is 4.72 Å². The molecular formula is C20H21F2NOS2. The molecule has 0 aliphatic rings. The molecule has 0 saturated carbocycles. The number of fused-ring (bicyclic) bond motifs is 1. The molecule has 2 aromatic carbocycles. The topological polar surface area (TPSA) is 35.1 Å². The average molecular weight is 394 g/mol. The van der Waals surface area contributed by atoms with Crippen molar-refractivity contribution in [2.75, 3.05) is 0 Å². The second-order valence-electron chi connectivity index (χ2n) is 7.22. The van der Waals surface area contributed by atoms with Gasteiger partial charge < -0.3 is 4.55 Å². The van der Waals surface area contributed by atoms with Gasteiger partial charge in [-0.05, 0) is 51.5 Å². The van der Waals surface area contributed by atoms with Crippen LogP contribution in [-0.4, -0.2) is 9.30 Å². The molecule has 3 aromatic rings. The Morgan fingerprint density at radius 3 is 2.31 bits per heavy atom. The quantitative estimate of drug-likeness (QED) is 0.555. The summed E-state index contributed by atoms with van der Waals surface area (Å²) in [6.45, 7) is 7.62. The zero-order valence-corrected chi connectivity index (χ0v) is 16.7. The Morgan fingerprint density at radius 1 is 1.08 bits per heavy atom. The second-order valence-corrected chi connectivity index (χ2v) is 10.3. The number of halogens is 2. The summed E-state index contributed by atoms with van der Waals surface area (Å²) in [6, 6.07) is 11.1. The fourth-order valence-electron chi connectivity index (χ4n) is 2.76. The summed E-state index contributed by atoms with van der Waals surface area (Å²) in [6.07, 6.45) is 0. The van der Waals surface area contributed by atoms with Crippen molar-refractivity contribution in [1.29, 1.82) is 0 Å². The molecule has 138 valence electrons. The Labute approximate surface area is 159 Å². The fraction of sp³-hybridized carbons (Fsp3) is 0.300. The molecule has 0 aliphatic heterocycles. The van der Waals surface area contributed by atoms with Gasteiger partial charge in [0.05, 0.1) is 6.04 Å². The van der Waals surface area contributed by atoms with E-state index < -0.39 is 27.7 Å². The highest BCUT2D eigenvalue weighted by atomic mass is 32.2. The van der Waals surface area contributed by atoms with Gasteiger partial charge in [-0.1, -0.05) is 18.2 Å². The Bertz CT molecular complexity index is 913. The minimum atomic E-state index is -1.25. The maximum absolute atomic E-state index is 13.8. The number of rotatable bonds is 4. The zero-order chi connectivity index (χ0) is 19.1. The highest BCUT2D eigenvalue weighted by Gasteiger charge is 2.30. The molecule has 1 N–H and O–H groups in total. The summed E-state index contributed by atoms with van der Waals surface area (Å²) in [5.74, 6) is -1.22. The lowest BCUT2D eigenvalue weighted by Gasteiger charge is -2.26. The van der Waals surface area contributed by atoms with Crippen LogP contribution < -0.4 is 4.72 Å². The van der Waals surface area contributed by atoms with Crippen LogP contribution in [0.25, 0.3) is 21.2 Å². The van der Waals surface area contributed by atoms with E-state index >= 15 is 0 Å². The summed E-state index contributed by atoms with van der Waals surface area (Å²) < 4.78 is 43.9. The molecule has 2 unspecified atom stereocenters. The number of hydrogen-bond acceptors (Lipinski definition) is 3. The third kappa shape index (κ3) is 3.93. The molecule has 1 aromatic heterocycles. The summed E-state index contributed by atoms with van der Waals surface area (Å²) in [4.78, 5) is 0.911. The highest BCUT2D eigenvalue weighted by molar-refractivity contribution is 7.90. The van der Waals surface area contributed by atoms with Crippen LogP contribution in [0.2, 0.25) is 0 Å². The molecule has 2 atom stereocenters. The lowest BCUT2D eigenvalue weighted by molar-refractivity contribution is 0.532. The van der Waals surface area contributed by atoms with Crippen molar-refractivity contribution >= 4 is 32.8 Å². The average Bonchev–Trinajstić information content (AvgIpc) is 2.92. The fourth-order valence-corrected chi connectivity index (χ4v) is 4.85. The molecule has 0 spiro atoms. The van der Waals surface area contributed by atoms with Crippen LogP contribution >= 0.6 is 11.3 Å². The smallest absolute Gasteiger partial charge is 0.136 e. The monoisotopic (exact) mass is 393 g/mol. The van der Waals surface area contributed by atoms with Crippen LogP contribution in [0.4, 0.5) is 8.78 Å². The number of thiophene rings is 1. The molecule has 0 fully saturated rings. The molecule has 6 heteroatoms. The van der Waals surface area contributed by atoms with Gasteiger partial charge in [-0.15, -0.1) is 16.1 Å². The van der Waals surface area contributed by atoms with E-state index in [1.807, 2.05) is 52.0 Å². The third-order valence-electron chi connectivity index (χ3n) is 4.01. The largest absolute Gasteiger partial charge is 0.598 e. The van der Waals surface area contributed by atoms with Crippen LogP contribution in [0, 0.1) is 11.6 Å². The summed E-state index contributed by atoms with van der Waals surface area (Å²) in [5.41, 5.74) is 1.28. The van der Waals surface area contributed by atoms with E-state index in [1.165, 1.54) is 12.1 Å². The van der Waals surface area contributed by atoms with Crippen molar-refractivity contribution in [1.82, 2.24) is 4.72 Å². The predicted molar refractivity (Wildman–Crippen MR) is 107 cm³/mol. The molecule has 26 heavy (non-hydrogen) atoms. The van der Waals surface area contributed by atoms with Gasteiger partial charge in [0.25, 0.3) is 0 Å². The molecule has 0 bridgehead atoms. The summed E-state index contributed by atoms with van der Waals surface area (Å²) in [5, 5.41) is 0.938. The Morgan fingerprint density at radius 2 is 1.69 bits per heavy atom. The molecule has 3 rings (SSSR count). The lowest BCUT2D eigenvalue weighted by Crippen LogP contribution is -2.40. The first-order valence-electron chi connectivity index (χ1n) is 8.33. The molecule has 1 heterocycles. The van der Waals surface area contributed by atoms with E-state index in [9.17, 15) is 13.3 Å². The second kappa shape index (κ2) is 7.27. The van der Waals surface area contributed by atoms with Crippen LogP contribution in [0.15, 0.2) is 42.5 Å². The molecule has 0 saturated heterocycles. The van der Waals surface area contributed by atoms with Gasteiger partial charge in [0.15, 0.2) is 0 Å². The SMILES string of the molecule is CC(N[S+]([O-])C(C)(C)C)c1sc2ccccc2c1-c1cc(F)cc(F)c1. The van der Waals surface area contributed by atoms with Crippen molar-refractivity contribution in [3.05, 3.63) is 59.0 Å². The normalized spacial score (nSPS) is 14.6. The van der Waals surface area contributed by atoms with E-state index in [0.717, 1.165) is 26.6 Å². The van der Waals surface area contributed by atoms with E-state index in [-0.39, 0.29) is 6.04 Å². The van der Waals surface area contributed by atoms with Gasteiger partial charge in [0.2, 0.25) is 0 Å². The standard InChI is InChI=1S/C20H21F2NOS2/c1-12(23-26(24)20(2,3)4)19-18(13-9-14(21)11-15(22)10-13)16-7-5-6-8-17(16)25-19/h5-12,23H,1-4H3. The van der Waals surface area contributed by atoms with Gasteiger partial charge in [0.1, 0.15) is 16.4 Å². The minimum Gasteiger partial charge on any atom is -0.598 e. The molecular weight excluding hydrogens is 372 g/mol. The van der Waals surface area contributed by atoms with Crippen molar-refractivity contribution in [2.45, 2.75) is 38.5 Å². The van der Waals surface area contributed by atoms with Gasteiger partial charge in [-0.25, -0.2) is 8.78 Å². The first-order chi connectivity index (χ1) is 12.2. The van der Waals surface area contributed by atoms with Crippen molar-refractivity contribution in [2.24, 2.45) is 0 Å². The molecule has 0 radical (unpaired) electrons. The van der Waals surface area contributed by atoms with Gasteiger partial charge >= 0.3 is 0 Å². The van der Waals surface area contributed by atoms with Crippen LogP contribution in [0.5, 0.6) is 0 Å². The zero-order valence-electron chi connectivity index (χ0n) is 15.1. The summed E-state index contributed by atoms with van der Waals surface area (Å²) >= 11 is 0.295. The highest BCUT2D eigenvalue weighted by Crippen LogP contribution is 2.42. The van der Waals surface area contributed by atoms with Crippen molar-refractivity contribution < 1.29 is 13.3 Å². The molecule has 0 aliphatic carbocycles. The van der Waals surface area contributed by atoms with E-state index in [1.54, 1.807) is 11.3 Å². The predicted octanol–water partition coefficient (Wildman–Crippen LogP) is 5.96. The van der Waals surface area contributed by atoms with Crippen LogP contribution in [-0.2, 0) is 11.4 Å². The lowest BCUT2D eigenvalue weighted by atomic mass is 9.99. The number of nitrogens with one attached hydrogen (secondary N) is 1. The maximum Gasteiger partial charge on any atom is 0.136 e. The first-order valence-corrected chi connectivity index (χ1v) is 10.3. The maximum atomic E-state index is 13.8. The third-order valence-corrected chi connectivity index (χ3v) is 7.04.